The van der Waals surface area contributed by atoms with E-state index < -0.39 is 0 Å². The summed E-state index contributed by atoms with van der Waals surface area (Å²) in [7, 11) is 6.05. The highest BCUT2D eigenvalue weighted by molar-refractivity contribution is 5.57. The van der Waals surface area contributed by atoms with Gasteiger partial charge in [0.05, 0.1) is 5.56 Å². The molecule has 0 aliphatic rings. The Morgan fingerprint density at radius 3 is 2.41 bits per heavy atom. The van der Waals surface area contributed by atoms with E-state index in [0.717, 1.165) is 30.2 Å². The molecule has 4 heteroatoms. The maximum Gasteiger partial charge on any atom is 0.146 e. The van der Waals surface area contributed by atoms with Gasteiger partial charge in [0.25, 0.3) is 0 Å². The van der Waals surface area contributed by atoms with Crippen molar-refractivity contribution in [2.24, 2.45) is 0 Å². The Kier molecular flexibility index (Phi) is 4.47. The fourth-order valence-corrected chi connectivity index (χ4v) is 1.69. The second-order valence-corrected chi connectivity index (χ2v) is 4.62. The van der Waals surface area contributed by atoms with Crippen LogP contribution in [-0.2, 0) is 0 Å². The van der Waals surface area contributed by atoms with Gasteiger partial charge in [0.15, 0.2) is 0 Å². The fourth-order valence-electron chi connectivity index (χ4n) is 1.69. The van der Waals surface area contributed by atoms with Crippen molar-refractivity contribution in [3.63, 3.8) is 0 Å². The molecule has 0 amide bonds. The lowest BCUT2D eigenvalue weighted by molar-refractivity contribution is 0.416. The fraction of sp³-hybridized carbons (Fsp3) is 0.538. The summed E-state index contributed by atoms with van der Waals surface area (Å²) in [6.07, 6.45) is 0. The Balaban J connectivity index is 3.00. The SMILES string of the molecule is Cc1cc(C)c(C#N)c(N(C)CCN(C)C)n1. The number of rotatable bonds is 4. The highest BCUT2D eigenvalue weighted by Gasteiger charge is 2.12. The minimum Gasteiger partial charge on any atom is -0.357 e. The van der Waals surface area contributed by atoms with Crippen molar-refractivity contribution in [3.8, 4) is 6.07 Å². The molecule has 1 aromatic heterocycles. The van der Waals surface area contributed by atoms with Crippen LogP contribution < -0.4 is 4.90 Å². The van der Waals surface area contributed by atoms with Crippen molar-refractivity contribution in [1.82, 2.24) is 9.88 Å². The molecule has 0 aromatic carbocycles. The molecule has 92 valence electrons. The predicted octanol–water partition coefficient (Wildman–Crippen LogP) is 1.57. The van der Waals surface area contributed by atoms with Gasteiger partial charge in [0.2, 0.25) is 0 Å². The molecule has 0 radical (unpaired) electrons. The molecule has 0 unspecified atom stereocenters. The normalized spacial score (nSPS) is 10.4. The number of anilines is 1. The molecule has 0 fully saturated rings. The first-order chi connectivity index (χ1) is 7.95. The summed E-state index contributed by atoms with van der Waals surface area (Å²) >= 11 is 0. The van der Waals surface area contributed by atoms with Gasteiger partial charge in [-0.3, -0.25) is 0 Å². The first-order valence-electron chi connectivity index (χ1n) is 5.70. The van der Waals surface area contributed by atoms with Gasteiger partial charge < -0.3 is 9.80 Å². The van der Waals surface area contributed by atoms with E-state index >= 15 is 0 Å². The summed E-state index contributed by atoms with van der Waals surface area (Å²) in [5.41, 5.74) is 2.62. The largest absolute Gasteiger partial charge is 0.357 e. The molecular formula is C13H20N4. The van der Waals surface area contributed by atoms with E-state index in [2.05, 4.69) is 16.0 Å². The lowest BCUT2D eigenvalue weighted by atomic mass is 10.1. The molecule has 1 rings (SSSR count). The van der Waals surface area contributed by atoms with Crippen LogP contribution in [0.15, 0.2) is 6.07 Å². The van der Waals surface area contributed by atoms with E-state index in [0.29, 0.717) is 5.56 Å². The second-order valence-electron chi connectivity index (χ2n) is 4.62. The number of aromatic nitrogens is 1. The van der Waals surface area contributed by atoms with Crippen molar-refractivity contribution >= 4 is 5.82 Å². The third-order valence-corrected chi connectivity index (χ3v) is 2.68. The summed E-state index contributed by atoms with van der Waals surface area (Å²) < 4.78 is 0. The maximum atomic E-state index is 9.19. The number of pyridine rings is 1. The van der Waals surface area contributed by atoms with Gasteiger partial charge in [-0.1, -0.05) is 0 Å². The van der Waals surface area contributed by atoms with Crippen molar-refractivity contribution in [1.29, 1.82) is 5.26 Å². The summed E-state index contributed by atoms with van der Waals surface area (Å²) in [5, 5.41) is 9.19. The van der Waals surface area contributed by atoms with Crippen LogP contribution in [0.1, 0.15) is 16.8 Å². The van der Waals surface area contributed by atoms with Crippen LogP contribution in [0, 0.1) is 25.2 Å². The average Bonchev–Trinajstić information content (AvgIpc) is 2.24. The molecule has 4 nitrogen and oxygen atoms in total. The standard InChI is InChI=1S/C13H20N4/c1-10-8-11(2)15-13(12(10)9-14)17(5)7-6-16(3)4/h8H,6-7H2,1-5H3. The van der Waals surface area contributed by atoms with E-state index in [1.165, 1.54) is 0 Å². The Bertz CT molecular complexity index is 432. The van der Waals surface area contributed by atoms with Crippen molar-refractivity contribution in [2.45, 2.75) is 13.8 Å². The van der Waals surface area contributed by atoms with Crippen LogP contribution >= 0.6 is 0 Å². The van der Waals surface area contributed by atoms with Gasteiger partial charge in [-0.15, -0.1) is 0 Å². The van der Waals surface area contributed by atoms with Gasteiger partial charge in [-0.25, -0.2) is 4.98 Å². The lowest BCUT2D eigenvalue weighted by Crippen LogP contribution is -2.29. The average molecular weight is 232 g/mol. The number of likely N-dealkylation sites (N-methyl/N-ethyl adjacent to an activating group) is 2. The number of nitrogens with zero attached hydrogens (tertiary/aromatic N) is 4. The monoisotopic (exact) mass is 232 g/mol. The molecule has 0 aliphatic carbocycles. The van der Waals surface area contributed by atoms with Gasteiger partial charge in [-0.2, -0.15) is 5.26 Å². The molecule has 1 aromatic rings. The van der Waals surface area contributed by atoms with Gasteiger partial charge in [0, 0.05) is 25.8 Å². The summed E-state index contributed by atoms with van der Waals surface area (Å²) in [4.78, 5) is 8.62. The van der Waals surface area contributed by atoms with E-state index in [-0.39, 0.29) is 0 Å². The van der Waals surface area contributed by atoms with Crippen LogP contribution in [0.3, 0.4) is 0 Å². The number of aryl methyl sites for hydroxylation is 2. The molecule has 0 saturated carbocycles. The third-order valence-electron chi connectivity index (χ3n) is 2.68. The second kappa shape index (κ2) is 5.65. The zero-order valence-corrected chi connectivity index (χ0v) is 11.3. The quantitative estimate of drug-likeness (QED) is 0.790. The topological polar surface area (TPSA) is 43.2 Å². The van der Waals surface area contributed by atoms with E-state index in [9.17, 15) is 5.26 Å². The highest BCUT2D eigenvalue weighted by atomic mass is 15.2. The first kappa shape index (κ1) is 13.5. The Labute approximate surface area is 103 Å². The Morgan fingerprint density at radius 1 is 1.24 bits per heavy atom. The first-order valence-corrected chi connectivity index (χ1v) is 5.70. The maximum absolute atomic E-state index is 9.19. The minimum atomic E-state index is 0.678. The summed E-state index contributed by atoms with van der Waals surface area (Å²) in [6.45, 7) is 5.71. The van der Waals surface area contributed by atoms with Gasteiger partial charge >= 0.3 is 0 Å². The zero-order chi connectivity index (χ0) is 13.0. The van der Waals surface area contributed by atoms with E-state index in [1.54, 1.807) is 0 Å². The molecule has 1 heterocycles. The van der Waals surface area contributed by atoms with E-state index in [4.69, 9.17) is 0 Å². The predicted molar refractivity (Wildman–Crippen MR) is 70.3 cm³/mol. The van der Waals surface area contributed by atoms with Crippen molar-refractivity contribution in [3.05, 3.63) is 22.9 Å². The molecule has 0 atom stereocenters. The molecule has 0 spiro atoms. The van der Waals surface area contributed by atoms with Crippen molar-refractivity contribution in [2.75, 3.05) is 39.1 Å². The zero-order valence-electron chi connectivity index (χ0n) is 11.3. The Morgan fingerprint density at radius 2 is 1.88 bits per heavy atom. The highest BCUT2D eigenvalue weighted by Crippen LogP contribution is 2.20. The van der Waals surface area contributed by atoms with E-state index in [1.807, 2.05) is 46.0 Å². The third kappa shape index (κ3) is 3.43. The van der Waals surface area contributed by atoms with Crippen LogP contribution in [0.4, 0.5) is 5.82 Å². The summed E-state index contributed by atoms with van der Waals surface area (Å²) in [6, 6.07) is 4.19. The number of hydrogen-bond acceptors (Lipinski definition) is 4. The van der Waals surface area contributed by atoms with Gasteiger partial charge in [0.1, 0.15) is 11.9 Å². The number of nitriles is 1. The van der Waals surface area contributed by atoms with Crippen LogP contribution in [0.2, 0.25) is 0 Å². The molecule has 0 bridgehead atoms. The number of hydrogen-bond donors (Lipinski definition) is 0. The molecular weight excluding hydrogens is 212 g/mol. The molecule has 0 aliphatic heterocycles. The molecule has 0 saturated heterocycles. The van der Waals surface area contributed by atoms with Crippen LogP contribution in [0.25, 0.3) is 0 Å². The minimum absolute atomic E-state index is 0.678. The molecule has 17 heavy (non-hydrogen) atoms. The van der Waals surface area contributed by atoms with Crippen LogP contribution in [-0.4, -0.2) is 44.1 Å². The summed E-state index contributed by atoms with van der Waals surface area (Å²) in [5.74, 6) is 0.784. The lowest BCUT2D eigenvalue weighted by Gasteiger charge is -2.22. The van der Waals surface area contributed by atoms with Crippen LogP contribution in [0.5, 0.6) is 0 Å². The smallest absolute Gasteiger partial charge is 0.146 e. The Hall–Kier alpha value is -1.60. The molecule has 0 N–H and O–H groups in total. The van der Waals surface area contributed by atoms with Crippen molar-refractivity contribution < 1.29 is 0 Å². The van der Waals surface area contributed by atoms with Gasteiger partial charge in [-0.05, 0) is 39.6 Å².